The van der Waals surface area contributed by atoms with Crippen molar-refractivity contribution in [2.75, 3.05) is 0 Å². The standard InChI is InChI=1S/C7H17NOSi2/c1-5-6-10(7-8)9-11(2,3)4/h10H,5-6H2,1-4H3. The maximum Gasteiger partial charge on any atom is 0.280 e. The van der Waals surface area contributed by atoms with Crippen LogP contribution < -0.4 is 0 Å². The summed E-state index contributed by atoms with van der Waals surface area (Å²) in [6.45, 7) is 8.52. The summed E-state index contributed by atoms with van der Waals surface area (Å²) in [6, 6.07) is 1.00. The lowest BCUT2D eigenvalue weighted by molar-refractivity contribution is 0.578. The Morgan fingerprint density at radius 2 is 2.00 bits per heavy atom. The number of nitrogens with zero attached hydrogens (tertiary/aromatic N) is 1. The maximum atomic E-state index is 8.73. The Labute approximate surface area is 72.0 Å². The molecule has 0 aromatic heterocycles. The zero-order chi connectivity index (χ0) is 8.91. The number of rotatable bonds is 4. The quantitative estimate of drug-likeness (QED) is 0.631. The molecule has 1 unspecified atom stereocenters. The molecule has 0 saturated heterocycles. The normalized spacial score (nSPS) is 14.1. The number of hydrogen-bond acceptors (Lipinski definition) is 2. The van der Waals surface area contributed by atoms with E-state index >= 15 is 0 Å². The fourth-order valence-electron chi connectivity index (χ4n) is 0.839. The Kier molecular flexibility index (Phi) is 4.65. The Hall–Kier alpha value is -0.116. The summed E-state index contributed by atoms with van der Waals surface area (Å²) >= 11 is 0. The molecule has 0 N–H and O–H groups in total. The predicted molar refractivity (Wildman–Crippen MR) is 52.3 cm³/mol. The first kappa shape index (κ1) is 10.9. The molecule has 0 spiro atoms. The molecule has 0 heterocycles. The minimum absolute atomic E-state index is 1.00. The van der Waals surface area contributed by atoms with Crippen LogP contribution in [0, 0.1) is 11.0 Å². The molecule has 0 saturated carbocycles. The molecular weight excluding hydrogens is 170 g/mol. The molecule has 0 fully saturated rings. The summed E-state index contributed by atoms with van der Waals surface area (Å²) in [5, 5.41) is 8.73. The van der Waals surface area contributed by atoms with E-state index in [-0.39, 0.29) is 0 Å². The van der Waals surface area contributed by atoms with Crippen LogP contribution in [0.3, 0.4) is 0 Å². The summed E-state index contributed by atoms with van der Waals surface area (Å²) in [5.41, 5.74) is 2.31. The lowest BCUT2D eigenvalue weighted by atomic mass is 10.6. The Bertz CT molecular complexity index is 148. The first-order valence-electron chi connectivity index (χ1n) is 4.07. The molecule has 0 aromatic carbocycles. The molecule has 64 valence electrons. The Morgan fingerprint density at radius 3 is 2.27 bits per heavy atom. The second-order valence-electron chi connectivity index (χ2n) is 3.64. The molecule has 4 heteroatoms. The van der Waals surface area contributed by atoms with E-state index in [2.05, 4.69) is 32.3 Å². The Morgan fingerprint density at radius 1 is 1.45 bits per heavy atom. The van der Waals surface area contributed by atoms with Crippen molar-refractivity contribution in [3.63, 3.8) is 0 Å². The van der Waals surface area contributed by atoms with Gasteiger partial charge in [-0.2, -0.15) is 0 Å². The zero-order valence-corrected chi connectivity index (χ0v) is 10.0. The van der Waals surface area contributed by atoms with E-state index in [0.717, 1.165) is 12.5 Å². The molecular formula is C7H17NOSi2. The van der Waals surface area contributed by atoms with Gasteiger partial charge in [0.05, 0.1) is 5.69 Å². The van der Waals surface area contributed by atoms with Gasteiger partial charge in [-0.25, -0.2) is 5.26 Å². The highest BCUT2D eigenvalue weighted by molar-refractivity contribution is 6.79. The predicted octanol–water partition coefficient (Wildman–Crippen LogP) is 2.03. The molecule has 0 rings (SSSR count). The van der Waals surface area contributed by atoms with Crippen molar-refractivity contribution in [2.24, 2.45) is 0 Å². The van der Waals surface area contributed by atoms with Gasteiger partial charge in [-0.05, 0) is 25.7 Å². The topological polar surface area (TPSA) is 33.0 Å². The summed E-state index contributed by atoms with van der Waals surface area (Å²) in [4.78, 5) is 0. The lowest BCUT2D eigenvalue weighted by Gasteiger charge is -2.20. The molecule has 0 amide bonds. The fourth-order valence-corrected chi connectivity index (χ4v) is 5.59. The van der Waals surface area contributed by atoms with Crippen molar-refractivity contribution in [3.05, 3.63) is 0 Å². The highest BCUT2D eigenvalue weighted by Gasteiger charge is 2.21. The molecule has 0 aliphatic rings. The van der Waals surface area contributed by atoms with Gasteiger partial charge in [0, 0.05) is 0 Å². The van der Waals surface area contributed by atoms with E-state index in [1.54, 1.807) is 0 Å². The third-order valence-electron chi connectivity index (χ3n) is 1.19. The minimum Gasteiger partial charge on any atom is -0.448 e. The van der Waals surface area contributed by atoms with Gasteiger partial charge >= 0.3 is 0 Å². The van der Waals surface area contributed by atoms with Gasteiger partial charge < -0.3 is 4.12 Å². The minimum atomic E-state index is -1.47. The lowest BCUT2D eigenvalue weighted by Crippen LogP contribution is -2.33. The highest BCUT2D eigenvalue weighted by atomic mass is 28.4. The van der Waals surface area contributed by atoms with Crippen LogP contribution in [0.25, 0.3) is 0 Å². The van der Waals surface area contributed by atoms with E-state index in [4.69, 9.17) is 9.38 Å². The summed E-state index contributed by atoms with van der Waals surface area (Å²) < 4.78 is 5.74. The monoisotopic (exact) mass is 187 g/mol. The van der Waals surface area contributed by atoms with Gasteiger partial charge in [-0.15, -0.1) is 0 Å². The van der Waals surface area contributed by atoms with Crippen LogP contribution in [-0.2, 0) is 4.12 Å². The SMILES string of the molecule is CCC[SiH](C#N)O[Si](C)(C)C. The van der Waals surface area contributed by atoms with Crippen LogP contribution in [0.15, 0.2) is 0 Å². The number of nitriles is 1. The molecule has 11 heavy (non-hydrogen) atoms. The molecule has 0 bridgehead atoms. The summed E-state index contributed by atoms with van der Waals surface area (Å²) in [7, 11) is -2.91. The third kappa shape index (κ3) is 6.29. The first-order valence-corrected chi connectivity index (χ1v) is 9.34. The largest absolute Gasteiger partial charge is 0.448 e. The van der Waals surface area contributed by atoms with E-state index in [1.807, 2.05) is 0 Å². The molecule has 0 aromatic rings. The second-order valence-corrected chi connectivity index (χ2v) is 10.6. The summed E-state index contributed by atoms with van der Waals surface area (Å²) in [5.74, 6) is 0. The smallest absolute Gasteiger partial charge is 0.280 e. The molecule has 0 radical (unpaired) electrons. The zero-order valence-electron chi connectivity index (χ0n) is 7.85. The van der Waals surface area contributed by atoms with Crippen LogP contribution in [0.1, 0.15) is 13.3 Å². The molecule has 0 aliphatic heterocycles. The van der Waals surface area contributed by atoms with Crippen LogP contribution in [0.5, 0.6) is 0 Å². The van der Waals surface area contributed by atoms with Gasteiger partial charge in [0.15, 0.2) is 8.32 Å². The van der Waals surface area contributed by atoms with Gasteiger partial charge in [-0.1, -0.05) is 13.3 Å². The van der Waals surface area contributed by atoms with E-state index < -0.39 is 17.4 Å². The van der Waals surface area contributed by atoms with Crippen molar-refractivity contribution < 1.29 is 4.12 Å². The third-order valence-corrected chi connectivity index (χ3v) is 6.55. The van der Waals surface area contributed by atoms with E-state index in [1.165, 1.54) is 0 Å². The molecule has 1 atom stereocenters. The fraction of sp³-hybridized carbons (Fsp3) is 0.857. The van der Waals surface area contributed by atoms with Crippen molar-refractivity contribution >= 4 is 17.4 Å². The average Bonchev–Trinajstić information content (AvgIpc) is 1.84. The molecule has 0 aliphatic carbocycles. The van der Waals surface area contributed by atoms with Gasteiger partial charge in [0.25, 0.3) is 9.04 Å². The van der Waals surface area contributed by atoms with E-state index in [0.29, 0.717) is 0 Å². The van der Waals surface area contributed by atoms with Gasteiger partial charge in [0.2, 0.25) is 0 Å². The maximum absolute atomic E-state index is 8.73. The van der Waals surface area contributed by atoms with Crippen LogP contribution in [-0.4, -0.2) is 17.4 Å². The van der Waals surface area contributed by atoms with Crippen LogP contribution >= 0.6 is 0 Å². The van der Waals surface area contributed by atoms with Crippen molar-refractivity contribution in [1.29, 1.82) is 5.26 Å². The summed E-state index contributed by atoms with van der Waals surface area (Å²) in [6.07, 6.45) is 1.08. The van der Waals surface area contributed by atoms with E-state index in [9.17, 15) is 0 Å². The van der Waals surface area contributed by atoms with Gasteiger partial charge in [0.1, 0.15) is 0 Å². The molecule has 2 nitrogen and oxygen atoms in total. The van der Waals surface area contributed by atoms with Crippen molar-refractivity contribution in [2.45, 2.75) is 39.0 Å². The van der Waals surface area contributed by atoms with Gasteiger partial charge in [-0.3, -0.25) is 0 Å². The van der Waals surface area contributed by atoms with Crippen LogP contribution in [0.4, 0.5) is 0 Å². The van der Waals surface area contributed by atoms with Crippen LogP contribution in [0.2, 0.25) is 25.7 Å². The second kappa shape index (κ2) is 4.70. The first-order chi connectivity index (χ1) is 4.99. The Balaban J connectivity index is 3.81. The average molecular weight is 187 g/mol. The van der Waals surface area contributed by atoms with Crippen molar-refractivity contribution in [3.8, 4) is 5.69 Å². The van der Waals surface area contributed by atoms with Crippen molar-refractivity contribution in [1.82, 2.24) is 0 Å². The number of hydrogen-bond donors (Lipinski definition) is 0. The highest BCUT2D eigenvalue weighted by Crippen LogP contribution is 2.08.